The molecule has 2 aromatic heterocycles. The minimum atomic E-state index is -0.227. The lowest BCUT2D eigenvalue weighted by Crippen LogP contribution is -2.39. The van der Waals surface area contributed by atoms with Crippen molar-refractivity contribution in [3.05, 3.63) is 153 Å². The van der Waals surface area contributed by atoms with Gasteiger partial charge in [-0.2, -0.15) is 0 Å². The van der Waals surface area contributed by atoms with Crippen LogP contribution in [0.3, 0.4) is 0 Å². The fraction of sp³-hybridized carbons (Fsp3) is 0.309. The number of ether oxygens (including phenoxy) is 4. The second-order valence-electron chi connectivity index (χ2n) is 17.8. The van der Waals surface area contributed by atoms with Crippen LogP contribution in [0, 0.1) is 20.8 Å². The summed E-state index contributed by atoms with van der Waals surface area (Å²) < 4.78 is 26.4. The van der Waals surface area contributed by atoms with Gasteiger partial charge in [-0.1, -0.05) is 48.0 Å². The summed E-state index contributed by atoms with van der Waals surface area (Å²) >= 11 is 8.11. The molecule has 14 heteroatoms. The number of nitrogens with one attached hydrogen (secondary N) is 1. The van der Waals surface area contributed by atoms with Crippen molar-refractivity contribution in [2.24, 2.45) is 4.99 Å². The molecule has 1 amide bonds. The summed E-state index contributed by atoms with van der Waals surface area (Å²) in [5.41, 5.74) is 9.18. The lowest BCUT2D eigenvalue weighted by molar-refractivity contribution is 0.0984. The highest BCUT2D eigenvalue weighted by Crippen LogP contribution is 2.41. The van der Waals surface area contributed by atoms with Crippen LogP contribution in [-0.2, 0) is 0 Å². The van der Waals surface area contributed by atoms with Crippen LogP contribution in [0.1, 0.15) is 68.9 Å². The number of rotatable bonds is 16. The zero-order valence-electron chi connectivity index (χ0n) is 40.2. The largest absolute Gasteiger partial charge is 0.497 e. The van der Waals surface area contributed by atoms with E-state index in [1.807, 2.05) is 106 Å². The lowest BCUT2D eigenvalue weighted by Gasteiger charge is -2.32. The zero-order valence-corrected chi connectivity index (χ0v) is 41.8. The molecule has 1 saturated heterocycles. The maximum atomic E-state index is 13.6. The van der Waals surface area contributed by atoms with E-state index in [0.717, 1.165) is 118 Å². The summed E-state index contributed by atoms with van der Waals surface area (Å²) in [5.74, 6) is 4.44. The third-order valence-corrected chi connectivity index (χ3v) is 14.4. The lowest BCUT2D eigenvalue weighted by atomic mass is 9.99. The van der Waals surface area contributed by atoms with Gasteiger partial charge in [-0.15, -0.1) is 21.5 Å². The summed E-state index contributed by atoms with van der Waals surface area (Å²) in [6.45, 7) is 10.4. The summed E-state index contributed by atoms with van der Waals surface area (Å²) in [6, 6.07) is 34.9. The molecular formula is C55H58ClN7O5S. The number of hydrogen-bond donors (Lipinski definition) is 1. The van der Waals surface area contributed by atoms with E-state index >= 15 is 0 Å². The molecule has 4 heterocycles. The smallest absolute Gasteiger partial charge is 0.255 e. The molecule has 0 spiro atoms. The monoisotopic (exact) mass is 963 g/mol. The SMILES string of the molecule is COc1cccc(-c2cc(C(=O)Nc3ccc(-c4ccc(OC5CCN(CCC6N=C(c7ccc(Cl)cc7)c7c(sc(C)c7C)-n7c(C)nnc76)CC5)cc4OCCN(C)C)cc3)ccc2OC)c1. The first-order chi connectivity index (χ1) is 33.5. The summed E-state index contributed by atoms with van der Waals surface area (Å²) in [5, 5.41) is 14.2. The molecule has 7 aromatic rings. The van der Waals surface area contributed by atoms with E-state index in [9.17, 15) is 4.79 Å². The van der Waals surface area contributed by atoms with Gasteiger partial charge in [0.1, 0.15) is 52.6 Å². The number of anilines is 1. The number of likely N-dealkylation sites (tertiary alicyclic amines) is 1. The predicted molar refractivity (Wildman–Crippen MR) is 277 cm³/mol. The van der Waals surface area contributed by atoms with Gasteiger partial charge in [0.05, 0.1) is 19.9 Å². The van der Waals surface area contributed by atoms with Crippen LogP contribution in [0.2, 0.25) is 5.02 Å². The first-order valence-corrected chi connectivity index (χ1v) is 24.6. The minimum absolute atomic E-state index is 0.0716. The van der Waals surface area contributed by atoms with Crippen LogP contribution in [0.15, 0.2) is 114 Å². The Morgan fingerprint density at radius 3 is 2.32 bits per heavy atom. The molecule has 0 saturated carbocycles. The summed E-state index contributed by atoms with van der Waals surface area (Å²) in [7, 11) is 7.32. The van der Waals surface area contributed by atoms with E-state index in [-0.39, 0.29) is 18.1 Å². The van der Waals surface area contributed by atoms with Gasteiger partial charge in [0.2, 0.25) is 0 Å². The molecule has 9 rings (SSSR count). The van der Waals surface area contributed by atoms with E-state index in [4.69, 9.17) is 40.6 Å². The molecule has 1 N–H and O–H groups in total. The Balaban J connectivity index is 0.854. The normalized spacial score (nSPS) is 15.0. The van der Waals surface area contributed by atoms with Crippen LogP contribution >= 0.6 is 22.9 Å². The zero-order chi connectivity index (χ0) is 48.2. The number of methoxy groups -OCH3 is 2. The maximum absolute atomic E-state index is 13.6. The number of benzene rings is 5. The molecule has 12 nitrogen and oxygen atoms in total. The number of carbonyl (C=O) groups is 1. The predicted octanol–water partition coefficient (Wildman–Crippen LogP) is 11.3. The summed E-state index contributed by atoms with van der Waals surface area (Å²) in [4.78, 5) is 24.9. The van der Waals surface area contributed by atoms with Gasteiger partial charge in [0.25, 0.3) is 5.91 Å². The van der Waals surface area contributed by atoms with E-state index in [1.165, 1.54) is 10.4 Å². The Kier molecular flexibility index (Phi) is 14.5. The van der Waals surface area contributed by atoms with Gasteiger partial charge in [-0.3, -0.25) is 14.4 Å². The number of halogens is 1. The number of nitrogens with zero attached hydrogens (tertiary/aromatic N) is 6. The highest BCUT2D eigenvalue weighted by atomic mass is 35.5. The Morgan fingerprint density at radius 2 is 1.58 bits per heavy atom. The Bertz CT molecular complexity index is 2980. The van der Waals surface area contributed by atoms with Crippen LogP contribution in [-0.4, -0.2) is 103 Å². The Labute approximate surface area is 413 Å². The number of amides is 1. The molecule has 1 unspecified atom stereocenters. The standard InChI is InChI=1S/C55H58ClN7O5S/c1-34-35(2)69-55-51(34)52(38-11-16-41(56)17-12-38)58-48(53-60-59-36(3)63(53)55)25-28-62-26-23-43(24-27-62)68-45-20-21-46(50(33-45)67-30-29-61(4)5)37-13-18-42(19-14-37)57-54(64)40-15-22-49(66-7)47(32-40)39-9-8-10-44(31-39)65-6/h8-22,31-33,43,48H,23-30H2,1-7H3,(H,57,64). The number of aromatic nitrogens is 3. The van der Waals surface area contributed by atoms with Gasteiger partial charge in [-0.05, 0) is 138 Å². The van der Waals surface area contributed by atoms with Gasteiger partial charge >= 0.3 is 0 Å². The number of hydrogen-bond acceptors (Lipinski definition) is 11. The van der Waals surface area contributed by atoms with Crippen LogP contribution in [0.25, 0.3) is 27.3 Å². The molecule has 0 bridgehead atoms. The van der Waals surface area contributed by atoms with Crippen LogP contribution in [0.5, 0.6) is 23.0 Å². The number of fused-ring (bicyclic) bond motifs is 3. The average molecular weight is 965 g/mol. The van der Waals surface area contributed by atoms with Crippen molar-refractivity contribution >= 4 is 40.2 Å². The van der Waals surface area contributed by atoms with Crippen molar-refractivity contribution < 1.29 is 23.7 Å². The molecule has 2 aliphatic heterocycles. The van der Waals surface area contributed by atoms with Crippen molar-refractivity contribution in [1.29, 1.82) is 0 Å². The van der Waals surface area contributed by atoms with Crippen molar-refractivity contribution in [3.8, 4) is 50.3 Å². The third kappa shape index (κ3) is 10.6. The summed E-state index contributed by atoms with van der Waals surface area (Å²) in [6.07, 6.45) is 2.69. The quantitative estimate of drug-likeness (QED) is 0.101. The first-order valence-electron chi connectivity index (χ1n) is 23.4. The van der Waals surface area contributed by atoms with E-state index in [2.05, 4.69) is 56.8 Å². The van der Waals surface area contributed by atoms with Crippen molar-refractivity contribution in [2.45, 2.75) is 52.2 Å². The van der Waals surface area contributed by atoms with Gasteiger partial charge in [0, 0.05) is 75.6 Å². The molecule has 0 aliphatic carbocycles. The van der Waals surface area contributed by atoms with Gasteiger partial charge < -0.3 is 34.1 Å². The molecule has 1 fully saturated rings. The van der Waals surface area contributed by atoms with Crippen LogP contribution in [0.4, 0.5) is 5.69 Å². The number of aliphatic imine (C=N–C) groups is 1. The van der Waals surface area contributed by atoms with E-state index in [0.29, 0.717) is 28.6 Å². The number of thiophene rings is 1. The highest BCUT2D eigenvalue weighted by Gasteiger charge is 2.32. The molecule has 2 aliphatic rings. The second kappa shape index (κ2) is 21.0. The molecule has 69 heavy (non-hydrogen) atoms. The Hall–Kier alpha value is -6.51. The molecule has 0 radical (unpaired) electrons. The van der Waals surface area contributed by atoms with Crippen LogP contribution < -0.4 is 24.3 Å². The van der Waals surface area contributed by atoms with E-state index < -0.39 is 0 Å². The van der Waals surface area contributed by atoms with Gasteiger partial charge in [0.15, 0.2) is 5.82 Å². The van der Waals surface area contributed by atoms with E-state index in [1.54, 1.807) is 31.6 Å². The first kappa shape index (κ1) is 47.6. The highest BCUT2D eigenvalue weighted by molar-refractivity contribution is 7.15. The average Bonchev–Trinajstić information content (AvgIpc) is 3.84. The second-order valence-corrected chi connectivity index (χ2v) is 19.5. The fourth-order valence-corrected chi connectivity index (χ4v) is 10.4. The molecular weight excluding hydrogens is 906 g/mol. The van der Waals surface area contributed by atoms with Crippen molar-refractivity contribution in [2.75, 3.05) is 66.4 Å². The van der Waals surface area contributed by atoms with Crippen molar-refractivity contribution in [1.82, 2.24) is 24.6 Å². The molecule has 1 atom stereocenters. The maximum Gasteiger partial charge on any atom is 0.255 e. The van der Waals surface area contributed by atoms with Crippen molar-refractivity contribution in [3.63, 3.8) is 0 Å². The Morgan fingerprint density at radius 1 is 0.812 bits per heavy atom. The minimum Gasteiger partial charge on any atom is -0.497 e. The number of piperidine rings is 1. The number of likely N-dealkylation sites (N-methyl/N-ethyl adjacent to an activating group) is 1. The number of aryl methyl sites for hydroxylation is 2. The molecule has 5 aromatic carbocycles. The topological polar surface area (TPSA) is 116 Å². The fourth-order valence-electron chi connectivity index (χ4n) is 9.01. The third-order valence-electron chi connectivity index (χ3n) is 13.0. The number of carbonyl (C=O) groups excluding carboxylic acids is 1. The molecule has 356 valence electrons. The van der Waals surface area contributed by atoms with Gasteiger partial charge in [-0.25, -0.2) is 0 Å².